The first-order valence-electron chi connectivity index (χ1n) is 4.52. The van der Waals surface area contributed by atoms with Crippen LogP contribution in [-0.4, -0.2) is 6.61 Å². The molecule has 1 rings (SSSR count). The third kappa shape index (κ3) is 3.21. The number of aryl methyl sites for hydroxylation is 1. The highest BCUT2D eigenvalue weighted by Gasteiger charge is 1.93. The minimum absolute atomic E-state index is 0.712. The van der Waals surface area contributed by atoms with Crippen LogP contribution in [0.5, 0.6) is 5.75 Å². The van der Waals surface area contributed by atoms with Crippen LogP contribution in [0.2, 0.25) is 0 Å². The van der Waals surface area contributed by atoms with Crippen molar-refractivity contribution in [3.05, 3.63) is 29.8 Å². The van der Waals surface area contributed by atoms with Crippen molar-refractivity contribution >= 4 is 0 Å². The van der Waals surface area contributed by atoms with Crippen LogP contribution in [-0.2, 0) is 6.42 Å². The van der Waals surface area contributed by atoms with Gasteiger partial charge in [0.15, 0.2) is 0 Å². The van der Waals surface area contributed by atoms with Gasteiger partial charge in [-0.05, 0) is 31.0 Å². The highest BCUT2D eigenvalue weighted by atomic mass is 16.5. The Kier molecular flexibility index (Phi) is 3.92. The molecule has 0 saturated carbocycles. The lowest BCUT2D eigenvalue weighted by molar-refractivity contribution is 0.340. The van der Waals surface area contributed by atoms with Crippen molar-refractivity contribution in [1.29, 1.82) is 0 Å². The van der Waals surface area contributed by atoms with E-state index in [0.717, 1.165) is 18.6 Å². The van der Waals surface area contributed by atoms with E-state index < -0.39 is 0 Å². The summed E-state index contributed by atoms with van der Waals surface area (Å²) in [6, 6.07) is 8.08. The Morgan fingerprint density at radius 1 is 1.31 bits per heavy atom. The summed E-state index contributed by atoms with van der Waals surface area (Å²) in [5.74, 6) is 3.55. The molecule has 0 atom stereocenters. The molecular formula is C12H14O. The van der Waals surface area contributed by atoms with Crippen LogP contribution in [0.25, 0.3) is 0 Å². The normalized spacial score (nSPS) is 9.23. The smallest absolute Gasteiger partial charge is 0.119 e. The van der Waals surface area contributed by atoms with Crippen molar-refractivity contribution in [2.45, 2.75) is 19.8 Å². The first-order valence-corrected chi connectivity index (χ1v) is 4.52. The zero-order chi connectivity index (χ0) is 9.52. The fourth-order valence-corrected chi connectivity index (χ4v) is 1.14. The maximum atomic E-state index is 5.32. The van der Waals surface area contributed by atoms with E-state index in [1.807, 2.05) is 19.1 Å². The van der Waals surface area contributed by atoms with Gasteiger partial charge in [-0.1, -0.05) is 12.1 Å². The Morgan fingerprint density at radius 2 is 2.00 bits per heavy atom. The molecule has 0 spiro atoms. The van der Waals surface area contributed by atoms with Gasteiger partial charge in [-0.25, -0.2) is 0 Å². The largest absolute Gasteiger partial charge is 0.494 e. The molecule has 0 aromatic heterocycles. The predicted octanol–water partition coefficient (Wildman–Crippen LogP) is 2.65. The van der Waals surface area contributed by atoms with Gasteiger partial charge in [0.05, 0.1) is 6.61 Å². The van der Waals surface area contributed by atoms with Crippen LogP contribution >= 0.6 is 0 Å². The molecule has 1 aromatic carbocycles. The molecule has 13 heavy (non-hydrogen) atoms. The summed E-state index contributed by atoms with van der Waals surface area (Å²) in [6.45, 7) is 2.69. The minimum Gasteiger partial charge on any atom is -0.494 e. The summed E-state index contributed by atoms with van der Waals surface area (Å²) in [6.07, 6.45) is 6.93. The fourth-order valence-electron chi connectivity index (χ4n) is 1.14. The van der Waals surface area contributed by atoms with Gasteiger partial charge in [0.25, 0.3) is 0 Å². The number of ether oxygens (including phenoxy) is 1. The molecule has 0 amide bonds. The molecule has 68 valence electrons. The van der Waals surface area contributed by atoms with E-state index in [4.69, 9.17) is 11.2 Å². The van der Waals surface area contributed by atoms with Gasteiger partial charge in [0.1, 0.15) is 5.75 Å². The summed E-state index contributed by atoms with van der Waals surface area (Å²) >= 11 is 0. The van der Waals surface area contributed by atoms with E-state index in [1.165, 1.54) is 5.56 Å². The summed E-state index contributed by atoms with van der Waals surface area (Å²) in [7, 11) is 0. The Labute approximate surface area is 79.7 Å². The standard InChI is InChI=1S/C12H14O/c1-3-5-6-11-7-9-12(10-8-11)13-4-2/h1,7-10H,4-6H2,2H3. The van der Waals surface area contributed by atoms with E-state index in [2.05, 4.69) is 18.1 Å². The van der Waals surface area contributed by atoms with E-state index in [-0.39, 0.29) is 0 Å². The fraction of sp³-hybridized carbons (Fsp3) is 0.333. The lowest BCUT2D eigenvalue weighted by atomic mass is 10.1. The number of terminal acetylenes is 1. The zero-order valence-electron chi connectivity index (χ0n) is 7.92. The summed E-state index contributed by atoms with van der Waals surface area (Å²) in [5.41, 5.74) is 1.27. The highest BCUT2D eigenvalue weighted by Crippen LogP contribution is 2.12. The van der Waals surface area contributed by atoms with Gasteiger partial charge in [-0.15, -0.1) is 12.3 Å². The van der Waals surface area contributed by atoms with Crippen molar-refractivity contribution in [2.24, 2.45) is 0 Å². The maximum Gasteiger partial charge on any atom is 0.119 e. The van der Waals surface area contributed by atoms with Gasteiger partial charge < -0.3 is 4.74 Å². The number of hydrogen-bond acceptors (Lipinski definition) is 1. The SMILES string of the molecule is C#CCCc1ccc(OCC)cc1. The Morgan fingerprint density at radius 3 is 2.54 bits per heavy atom. The van der Waals surface area contributed by atoms with Crippen LogP contribution in [0, 0.1) is 12.3 Å². The second-order valence-corrected chi connectivity index (χ2v) is 2.78. The molecule has 0 heterocycles. The van der Waals surface area contributed by atoms with Gasteiger partial charge in [0, 0.05) is 6.42 Å². The number of hydrogen-bond donors (Lipinski definition) is 0. The molecule has 0 N–H and O–H groups in total. The van der Waals surface area contributed by atoms with E-state index in [0.29, 0.717) is 6.61 Å². The first kappa shape index (κ1) is 9.67. The number of benzene rings is 1. The lowest BCUT2D eigenvalue weighted by Gasteiger charge is -2.03. The van der Waals surface area contributed by atoms with Crippen molar-refractivity contribution in [2.75, 3.05) is 6.61 Å². The molecule has 0 fully saturated rings. The van der Waals surface area contributed by atoms with Crippen molar-refractivity contribution in [3.8, 4) is 18.1 Å². The second-order valence-electron chi connectivity index (χ2n) is 2.78. The maximum absolute atomic E-state index is 5.32. The monoisotopic (exact) mass is 174 g/mol. The summed E-state index contributed by atoms with van der Waals surface area (Å²) < 4.78 is 5.32. The lowest BCUT2D eigenvalue weighted by Crippen LogP contribution is -1.91. The molecule has 0 saturated heterocycles. The summed E-state index contributed by atoms with van der Waals surface area (Å²) in [5, 5.41) is 0. The Bertz CT molecular complexity index is 279. The van der Waals surface area contributed by atoms with E-state index in [9.17, 15) is 0 Å². The second kappa shape index (κ2) is 5.27. The molecule has 0 aliphatic rings. The first-order chi connectivity index (χ1) is 6.36. The summed E-state index contributed by atoms with van der Waals surface area (Å²) in [4.78, 5) is 0. The topological polar surface area (TPSA) is 9.23 Å². The van der Waals surface area contributed by atoms with Gasteiger partial charge in [-0.3, -0.25) is 0 Å². The molecule has 0 aliphatic heterocycles. The molecular weight excluding hydrogens is 160 g/mol. The van der Waals surface area contributed by atoms with Crippen molar-refractivity contribution in [3.63, 3.8) is 0 Å². The average molecular weight is 174 g/mol. The van der Waals surface area contributed by atoms with Gasteiger partial charge in [-0.2, -0.15) is 0 Å². The van der Waals surface area contributed by atoms with Crippen LogP contribution in [0.4, 0.5) is 0 Å². The average Bonchev–Trinajstić information content (AvgIpc) is 2.17. The third-order valence-corrected chi connectivity index (χ3v) is 1.79. The Balaban J connectivity index is 2.54. The van der Waals surface area contributed by atoms with Gasteiger partial charge >= 0.3 is 0 Å². The number of rotatable bonds is 4. The van der Waals surface area contributed by atoms with E-state index in [1.54, 1.807) is 0 Å². The minimum atomic E-state index is 0.712. The van der Waals surface area contributed by atoms with Gasteiger partial charge in [0.2, 0.25) is 0 Å². The zero-order valence-corrected chi connectivity index (χ0v) is 7.92. The van der Waals surface area contributed by atoms with Crippen LogP contribution in [0.1, 0.15) is 18.9 Å². The Hall–Kier alpha value is -1.42. The molecule has 1 heteroatoms. The van der Waals surface area contributed by atoms with Crippen LogP contribution in [0.15, 0.2) is 24.3 Å². The molecule has 1 aromatic rings. The molecule has 1 nitrogen and oxygen atoms in total. The third-order valence-electron chi connectivity index (χ3n) is 1.79. The molecule has 0 aliphatic carbocycles. The quantitative estimate of drug-likeness (QED) is 0.638. The molecule has 0 bridgehead atoms. The van der Waals surface area contributed by atoms with Crippen molar-refractivity contribution in [1.82, 2.24) is 0 Å². The van der Waals surface area contributed by atoms with Crippen molar-refractivity contribution < 1.29 is 4.74 Å². The van der Waals surface area contributed by atoms with Crippen LogP contribution in [0.3, 0.4) is 0 Å². The highest BCUT2D eigenvalue weighted by molar-refractivity contribution is 5.27. The van der Waals surface area contributed by atoms with Crippen LogP contribution < -0.4 is 4.74 Å². The van der Waals surface area contributed by atoms with E-state index >= 15 is 0 Å². The molecule has 0 unspecified atom stereocenters. The predicted molar refractivity (Wildman–Crippen MR) is 54.8 cm³/mol. The molecule has 0 radical (unpaired) electrons.